The van der Waals surface area contributed by atoms with Crippen LogP contribution in [0.15, 0.2) is 18.2 Å². The van der Waals surface area contributed by atoms with Crippen molar-refractivity contribution in [3.05, 3.63) is 23.8 Å². The van der Waals surface area contributed by atoms with Gasteiger partial charge in [-0.15, -0.1) is 0 Å². The molecule has 18 heavy (non-hydrogen) atoms. The molecule has 1 heterocycles. The lowest BCUT2D eigenvalue weighted by Crippen LogP contribution is -2.46. The number of nitrogen functional groups attached to an aromatic ring is 1. The van der Waals surface area contributed by atoms with E-state index in [1.165, 1.54) is 6.07 Å². The van der Waals surface area contributed by atoms with Gasteiger partial charge in [-0.05, 0) is 19.2 Å². The summed E-state index contributed by atoms with van der Waals surface area (Å²) in [5.41, 5.74) is 4.73. The van der Waals surface area contributed by atoms with E-state index in [4.69, 9.17) is 10.5 Å². The molecule has 1 fully saturated rings. The van der Waals surface area contributed by atoms with Gasteiger partial charge < -0.3 is 15.4 Å². The molecule has 0 amide bonds. The molecule has 2 N–H and O–H groups in total. The van der Waals surface area contributed by atoms with Crippen LogP contribution in [0.1, 0.15) is 5.56 Å². The van der Waals surface area contributed by atoms with Gasteiger partial charge in [0, 0.05) is 30.8 Å². The summed E-state index contributed by atoms with van der Waals surface area (Å²) < 4.78 is 43.0. The Morgan fingerprint density at radius 2 is 2.00 bits per heavy atom. The Morgan fingerprint density at radius 3 is 2.56 bits per heavy atom. The summed E-state index contributed by atoms with van der Waals surface area (Å²) in [6.07, 6.45) is -4.40. The molecule has 0 bridgehead atoms. The maximum atomic E-state index is 12.6. The molecule has 1 aromatic carbocycles. The van der Waals surface area contributed by atoms with E-state index >= 15 is 0 Å². The van der Waals surface area contributed by atoms with Crippen molar-refractivity contribution < 1.29 is 17.9 Å². The van der Waals surface area contributed by atoms with Crippen LogP contribution in [0.3, 0.4) is 0 Å². The number of anilines is 1. The second-order valence-corrected chi connectivity index (χ2v) is 4.69. The van der Waals surface area contributed by atoms with Crippen LogP contribution in [0, 0.1) is 5.92 Å². The summed E-state index contributed by atoms with van der Waals surface area (Å²) in [6, 6.07) is 3.31. The Kier molecular flexibility index (Phi) is 3.38. The Bertz CT molecular complexity index is 428. The first-order valence-corrected chi connectivity index (χ1v) is 5.63. The van der Waals surface area contributed by atoms with E-state index in [9.17, 15) is 13.2 Å². The summed E-state index contributed by atoms with van der Waals surface area (Å²) in [4.78, 5) is 2.12. The molecule has 3 nitrogen and oxygen atoms in total. The van der Waals surface area contributed by atoms with Gasteiger partial charge in [0.05, 0.1) is 12.2 Å². The third-order valence-corrected chi connectivity index (χ3v) is 2.88. The Balaban J connectivity index is 2.02. The average molecular weight is 260 g/mol. The zero-order valence-electron chi connectivity index (χ0n) is 10.00. The lowest BCUT2D eigenvalue weighted by atomic mass is 10.0. The molecule has 0 spiro atoms. The minimum absolute atomic E-state index is 0.0607. The highest BCUT2D eigenvalue weighted by Gasteiger charge is 2.31. The van der Waals surface area contributed by atoms with Crippen molar-refractivity contribution in [1.82, 2.24) is 4.90 Å². The average Bonchev–Trinajstić information content (AvgIpc) is 2.21. The first-order chi connectivity index (χ1) is 8.34. The molecule has 0 aromatic heterocycles. The minimum Gasteiger partial charge on any atom is -0.493 e. The first kappa shape index (κ1) is 13.0. The molecule has 1 aliphatic heterocycles. The molecule has 0 saturated carbocycles. The van der Waals surface area contributed by atoms with E-state index in [1.807, 2.05) is 7.05 Å². The van der Waals surface area contributed by atoms with Crippen LogP contribution in [-0.2, 0) is 6.18 Å². The number of ether oxygens (including phenoxy) is 1. The van der Waals surface area contributed by atoms with E-state index in [-0.39, 0.29) is 11.4 Å². The molecule has 1 saturated heterocycles. The van der Waals surface area contributed by atoms with Crippen LogP contribution in [0.5, 0.6) is 5.75 Å². The van der Waals surface area contributed by atoms with Crippen LogP contribution in [-0.4, -0.2) is 31.6 Å². The largest absolute Gasteiger partial charge is 0.493 e. The summed E-state index contributed by atoms with van der Waals surface area (Å²) in [5, 5.41) is 0. The summed E-state index contributed by atoms with van der Waals surface area (Å²) in [6.45, 7) is 2.24. The quantitative estimate of drug-likeness (QED) is 0.847. The van der Waals surface area contributed by atoms with Crippen LogP contribution >= 0.6 is 0 Å². The van der Waals surface area contributed by atoms with Crippen molar-refractivity contribution in [1.29, 1.82) is 0 Å². The van der Waals surface area contributed by atoms with Crippen molar-refractivity contribution in [2.75, 3.05) is 32.5 Å². The van der Waals surface area contributed by atoms with Crippen LogP contribution in [0.4, 0.5) is 18.9 Å². The smallest absolute Gasteiger partial charge is 0.416 e. The molecule has 0 atom stereocenters. The highest BCUT2D eigenvalue weighted by Crippen LogP contribution is 2.33. The van der Waals surface area contributed by atoms with Gasteiger partial charge in [0.1, 0.15) is 5.75 Å². The lowest BCUT2D eigenvalue weighted by Gasteiger charge is -2.35. The molecular formula is C12H15F3N2O. The number of rotatable bonds is 3. The molecule has 100 valence electrons. The normalized spacial score (nSPS) is 17.6. The zero-order valence-corrected chi connectivity index (χ0v) is 10.00. The predicted octanol–water partition coefficient (Wildman–Crippen LogP) is 2.23. The van der Waals surface area contributed by atoms with Gasteiger partial charge in [-0.25, -0.2) is 0 Å². The molecule has 6 heteroatoms. The lowest BCUT2D eigenvalue weighted by molar-refractivity contribution is -0.137. The highest BCUT2D eigenvalue weighted by molar-refractivity contribution is 5.48. The minimum atomic E-state index is -4.40. The number of hydrogen-bond donors (Lipinski definition) is 1. The van der Waals surface area contributed by atoms with Crippen molar-refractivity contribution in [2.45, 2.75) is 6.18 Å². The third kappa shape index (κ3) is 3.07. The predicted molar refractivity (Wildman–Crippen MR) is 62.3 cm³/mol. The molecule has 0 unspecified atom stereocenters. The maximum Gasteiger partial charge on any atom is 0.416 e. The van der Waals surface area contributed by atoms with E-state index < -0.39 is 11.7 Å². The Hall–Kier alpha value is -1.43. The van der Waals surface area contributed by atoms with E-state index in [0.717, 1.165) is 25.2 Å². The molecular weight excluding hydrogens is 245 g/mol. The number of alkyl halides is 3. The van der Waals surface area contributed by atoms with Gasteiger partial charge in [-0.3, -0.25) is 0 Å². The topological polar surface area (TPSA) is 38.5 Å². The summed E-state index contributed by atoms with van der Waals surface area (Å²) >= 11 is 0. The van der Waals surface area contributed by atoms with E-state index in [1.54, 1.807) is 0 Å². The second-order valence-electron chi connectivity index (χ2n) is 4.69. The molecule has 2 rings (SSSR count). The van der Waals surface area contributed by atoms with Crippen molar-refractivity contribution in [3.8, 4) is 5.75 Å². The van der Waals surface area contributed by atoms with Gasteiger partial charge in [-0.2, -0.15) is 13.2 Å². The second kappa shape index (κ2) is 4.68. The molecule has 0 aliphatic carbocycles. The fourth-order valence-corrected chi connectivity index (χ4v) is 2.02. The Labute approximate surface area is 103 Å². The van der Waals surface area contributed by atoms with Crippen LogP contribution < -0.4 is 10.5 Å². The maximum absolute atomic E-state index is 12.6. The fourth-order valence-electron chi connectivity index (χ4n) is 2.02. The molecule has 1 aromatic rings. The van der Waals surface area contributed by atoms with Crippen molar-refractivity contribution in [3.63, 3.8) is 0 Å². The fraction of sp³-hybridized carbons (Fsp3) is 0.500. The van der Waals surface area contributed by atoms with Crippen LogP contribution in [0.25, 0.3) is 0 Å². The molecule has 1 aliphatic rings. The van der Waals surface area contributed by atoms with E-state index in [0.29, 0.717) is 12.5 Å². The third-order valence-electron chi connectivity index (χ3n) is 2.88. The van der Waals surface area contributed by atoms with Gasteiger partial charge in [0.15, 0.2) is 0 Å². The van der Waals surface area contributed by atoms with Crippen molar-refractivity contribution >= 4 is 5.69 Å². The number of nitrogens with zero attached hydrogens (tertiary/aromatic N) is 1. The number of hydrogen-bond acceptors (Lipinski definition) is 3. The summed E-state index contributed by atoms with van der Waals surface area (Å²) in [7, 11) is 1.98. The van der Waals surface area contributed by atoms with E-state index in [2.05, 4.69) is 4.90 Å². The highest BCUT2D eigenvalue weighted by atomic mass is 19.4. The zero-order chi connectivity index (χ0) is 13.3. The SMILES string of the molecule is CN1CC(COc2cc(N)cc(C(F)(F)F)c2)C1. The number of halogens is 3. The standard InChI is InChI=1S/C12H15F3N2O/c1-17-5-8(6-17)7-18-11-3-9(12(13,14)15)2-10(16)4-11/h2-4,8H,5-7,16H2,1H3. The van der Waals surface area contributed by atoms with Gasteiger partial charge >= 0.3 is 6.18 Å². The Morgan fingerprint density at radius 1 is 1.33 bits per heavy atom. The number of likely N-dealkylation sites (tertiary alicyclic amines) is 1. The first-order valence-electron chi connectivity index (χ1n) is 5.63. The van der Waals surface area contributed by atoms with Gasteiger partial charge in [0.25, 0.3) is 0 Å². The summed E-state index contributed by atoms with van der Waals surface area (Å²) in [5.74, 6) is 0.558. The number of benzene rings is 1. The van der Waals surface area contributed by atoms with Gasteiger partial charge in [0.2, 0.25) is 0 Å². The number of nitrogens with two attached hydrogens (primary N) is 1. The molecule has 0 radical (unpaired) electrons. The van der Waals surface area contributed by atoms with Crippen molar-refractivity contribution in [2.24, 2.45) is 5.92 Å². The van der Waals surface area contributed by atoms with Gasteiger partial charge in [-0.1, -0.05) is 0 Å². The monoisotopic (exact) mass is 260 g/mol. The van der Waals surface area contributed by atoms with Crippen LogP contribution in [0.2, 0.25) is 0 Å².